The van der Waals surface area contributed by atoms with E-state index in [9.17, 15) is 4.79 Å². The molecule has 72 valence electrons. The van der Waals surface area contributed by atoms with E-state index in [0.717, 1.165) is 0 Å². The number of hydrogen-bond acceptors (Lipinski definition) is 3. The Kier molecular flexibility index (Phi) is 5.66. The molecule has 0 aromatic heterocycles. The Morgan fingerprint density at radius 1 is 1.67 bits per heavy atom. The lowest BCUT2D eigenvalue weighted by molar-refractivity contribution is -0.168. The Morgan fingerprint density at radius 2 is 2.25 bits per heavy atom. The van der Waals surface area contributed by atoms with Gasteiger partial charge in [0, 0.05) is 20.1 Å². The van der Waals surface area contributed by atoms with Gasteiger partial charge >= 0.3 is 0 Å². The molecule has 0 aliphatic heterocycles. The molecule has 0 aromatic rings. The number of rotatable bonds is 5. The maximum Gasteiger partial charge on any atom is 0.245 e. The summed E-state index contributed by atoms with van der Waals surface area (Å²) in [5, 5.41) is 9.89. The van der Waals surface area contributed by atoms with Crippen molar-refractivity contribution in [1.29, 1.82) is 0 Å². The van der Waals surface area contributed by atoms with Crippen LogP contribution in [0.15, 0.2) is 0 Å². The van der Waals surface area contributed by atoms with Gasteiger partial charge in [0.15, 0.2) is 0 Å². The predicted octanol–water partition coefficient (Wildman–Crippen LogP) is 0.415. The van der Waals surface area contributed by atoms with Gasteiger partial charge < -0.3 is 5.11 Å². The van der Waals surface area contributed by atoms with Gasteiger partial charge in [0.2, 0.25) is 5.91 Å². The van der Waals surface area contributed by atoms with Gasteiger partial charge in [0.1, 0.15) is 0 Å². The number of aliphatic hydroxyl groups excluding tert-OH is 1. The van der Waals surface area contributed by atoms with Crippen molar-refractivity contribution in [2.75, 3.05) is 20.8 Å². The van der Waals surface area contributed by atoms with Crippen molar-refractivity contribution in [2.45, 2.75) is 19.8 Å². The summed E-state index contributed by atoms with van der Waals surface area (Å²) in [6.07, 6.45) is 1.12. The zero-order valence-corrected chi connectivity index (χ0v) is 7.91. The SMILES string of the molecule is CON(C)C(=O)CCC(C)CO. The molecule has 0 saturated heterocycles. The average Bonchev–Trinajstić information content (AvgIpc) is 2.11. The Labute approximate surface area is 73.1 Å². The fraction of sp³-hybridized carbons (Fsp3) is 0.875. The smallest absolute Gasteiger partial charge is 0.245 e. The lowest BCUT2D eigenvalue weighted by atomic mass is 10.1. The van der Waals surface area contributed by atoms with E-state index in [2.05, 4.69) is 0 Å². The van der Waals surface area contributed by atoms with Gasteiger partial charge in [-0.15, -0.1) is 0 Å². The molecule has 0 heterocycles. The Balaban J connectivity index is 3.56. The van der Waals surface area contributed by atoms with Gasteiger partial charge in [-0.3, -0.25) is 9.63 Å². The minimum absolute atomic E-state index is 0.0576. The Morgan fingerprint density at radius 3 is 2.67 bits per heavy atom. The number of carbonyl (C=O) groups excluding carboxylic acids is 1. The molecule has 4 nitrogen and oxygen atoms in total. The molecule has 0 saturated carbocycles. The number of amides is 1. The van der Waals surface area contributed by atoms with E-state index < -0.39 is 0 Å². The average molecular weight is 175 g/mol. The van der Waals surface area contributed by atoms with Crippen molar-refractivity contribution < 1.29 is 14.7 Å². The molecule has 0 bridgehead atoms. The number of hydrogen-bond donors (Lipinski definition) is 1. The highest BCUT2D eigenvalue weighted by molar-refractivity contribution is 5.74. The van der Waals surface area contributed by atoms with Gasteiger partial charge in [-0.2, -0.15) is 0 Å². The first kappa shape index (κ1) is 11.4. The lowest BCUT2D eigenvalue weighted by Gasteiger charge is -2.14. The summed E-state index contributed by atoms with van der Waals surface area (Å²) < 4.78 is 0. The first-order chi connectivity index (χ1) is 5.61. The van der Waals surface area contributed by atoms with Gasteiger partial charge in [-0.25, -0.2) is 5.06 Å². The number of aliphatic hydroxyl groups is 1. The highest BCUT2D eigenvalue weighted by atomic mass is 16.7. The van der Waals surface area contributed by atoms with Crippen LogP contribution in [-0.2, 0) is 9.63 Å². The van der Waals surface area contributed by atoms with Gasteiger partial charge in [0.05, 0.1) is 7.11 Å². The van der Waals surface area contributed by atoms with Crippen LogP contribution in [0.25, 0.3) is 0 Å². The van der Waals surface area contributed by atoms with Crippen molar-refractivity contribution in [3.63, 3.8) is 0 Å². The van der Waals surface area contributed by atoms with Gasteiger partial charge in [0.25, 0.3) is 0 Å². The van der Waals surface area contributed by atoms with Crippen molar-refractivity contribution in [2.24, 2.45) is 5.92 Å². The minimum atomic E-state index is -0.0576. The standard InChI is InChI=1S/C8H17NO3/c1-7(6-10)4-5-8(11)9(2)12-3/h7,10H,4-6H2,1-3H3. The zero-order chi connectivity index (χ0) is 9.56. The van der Waals surface area contributed by atoms with Crippen LogP contribution in [0.2, 0.25) is 0 Å². The van der Waals surface area contributed by atoms with E-state index in [1.54, 1.807) is 7.05 Å². The molecular weight excluding hydrogens is 158 g/mol. The second kappa shape index (κ2) is 5.97. The normalized spacial score (nSPS) is 12.7. The molecule has 0 aromatic carbocycles. The second-order valence-corrected chi connectivity index (χ2v) is 2.90. The fourth-order valence-corrected chi connectivity index (χ4v) is 0.720. The zero-order valence-electron chi connectivity index (χ0n) is 7.91. The summed E-state index contributed by atoms with van der Waals surface area (Å²) in [6.45, 7) is 2.03. The van der Waals surface area contributed by atoms with Gasteiger partial charge in [-0.1, -0.05) is 6.92 Å². The van der Waals surface area contributed by atoms with Crippen LogP contribution >= 0.6 is 0 Å². The summed E-state index contributed by atoms with van der Waals surface area (Å²) >= 11 is 0. The van der Waals surface area contributed by atoms with Gasteiger partial charge in [-0.05, 0) is 12.3 Å². The van der Waals surface area contributed by atoms with E-state index in [0.29, 0.717) is 12.8 Å². The molecule has 0 radical (unpaired) electrons. The number of carbonyl (C=O) groups is 1. The fourth-order valence-electron chi connectivity index (χ4n) is 0.720. The maximum atomic E-state index is 11.1. The molecule has 0 spiro atoms. The van der Waals surface area contributed by atoms with Crippen molar-refractivity contribution >= 4 is 5.91 Å². The summed E-state index contributed by atoms with van der Waals surface area (Å²) in [5.74, 6) is 0.122. The second-order valence-electron chi connectivity index (χ2n) is 2.90. The van der Waals surface area contributed by atoms with E-state index >= 15 is 0 Å². The molecule has 1 N–H and O–H groups in total. The van der Waals surface area contributed by atoms with Crippen molar-refractivity contribution in [3.05, 3.63) is 0 Å². The maximum absolute atomic E-state index is 11.1. The Bertz CT molecular complexity index is 138. The molecule has 0 aliphatic carbocycles. The van der Waals surface area contributed by atoms with E-state index in [4.69, 9.17) is 9.94 Å². The highest BCUT2D eigenvalue weighted by Crippen LogP contribution is 2.05. The largest absolute Gasteiger partial charge is 0.396 e. The van der Waals surface area contributed by atoms with E-state index in [1.165, 1.54) is 12.2 Å². The number of nitrogens with zero attached hydrogens (tertiary/aromatic N) is 1. The van der Waals surface area contributed by atoms with Crippen LogP contribution in [0.5, 0.6) is 0 Å². The highest BCUT2D eigenvalue weighted by Gasteiger charge is 2.09. The third-order valence-corrected chi connectivity index (χ3v) is 1.79. The molecule has 0 fully saturated rings. The Hall–Kier alpha value is -0.610. The van der Waals surface area contributed by atoms with Crippen LogP contribution in [0.4, 0.5) is 0 Å². The topological polar surface area (TPSA) is 49.8 Å². The first-order valence-electron chi connectivity index (χ1n) is 4.03. The first-order valence-corrected chi connectivity index (χ1v) is 4.03. The quantitative estimate of drug-likeness (QED) is 0.616. The summed E-state index contributed by atoms with van der Waals surface area (Å²) in [5.41, 5.74) is 0. The predicted molar refractivity (Wildman–Crippen MR) is 45.3 cm³/mol. The molecule has 0 aliphatic rings. The summed E-state index contributed by atoms with van der Waals surface area (Å²) in [7, 11) is 3.03. The van der Waals surface area contributed by atoms with Crippen LogP contribution in [-0.4, -0.2) is 36.8 Å². The molecule has 1 unspecified atom stereocenters. The summed E-state index contributed by atoms with van der Waals surface area (Å²) in [6, 6.07) is 0. The summed E-state index contributed by atoms with van der Waals surface area (Å²) in [4.78, 5) is 15.8. The van der Waals surface area contributed by atoms with Crippen molar-refractivity contribution in [3.8, 4) is 0 Å². The third-order valence-electron chi connectivity index (χ3n) is 1.79. The number of hydroxylamine groups is 2. The monoisotopic (exact) mass is 175 g/mol. The van der Waals surface area contributed by atoms with Crippen LogP contribution in [0.3, 0.4) is 0 Å². The molecular formula is C8H17NO3. The molecule has 12 heavy (non-hydrogen) atoms. The lowest BCUT2D eigenvalue weighted by Crippen LogP contribution is -2.25. The van der Waals surface area contributed by atoms with Crippen LogP contribution in [0, 0.1) is 5.92 Å². The molecule has 1 atom stereocenters. The molecule has 4 heteroatoms. The minimum Gasteiger partial charge on any atom is -0.396 e. The van der Waals surface area contributed by atoms with E-state index in [1.807, 2.05) is 6.92 Å². The van der Waals surface area contributed by atoms with Crippen LogP contribution < -0.4 is 0 Å². The van der Waals surface area contributed by atoms with Crippen molar-refractivity contribution in [1.82, 2.24) is 5.06 Å². The van der Waals surface area contributed by atoms with Crippen LogP contribution in [0.1, 0.15) is 19.8 Å². The third kappa shape index (κ3) is 4.31. The van der Waals surface area contributed by atoms with E-state index in [-0.39, 0.29) is 18.4 Å². The molecule has 1 amide bonds. The molecule has 0 rings (SSSR count).